The zero-order valence-electron chi connectivity index (χ0n) is 13.7. The Hall–Kier alpha value is -2.76. The van der Waals surface area contributed by atoms with Crippen LogP contribution in [0.25, 0.3) is 0 Å². The third-order valence-corrected chi connectivity index (χ3v) is 3.08. The van der Waals surface area contributed by atoms with Crippen LogP contribution in [-0.4, -0.2) is 31.6 Å². The maximum Gasteiger partial charge on any atom is 0.219 e. The predicted molar refractivity (Wildman–Crippen MR) is 91.2 cm³/mol. The number of guanidine groups is 1. The van der Waals surface area contributed by atoms with Gasteiger partial charge in [-0.2, -0.15) is 0 Å². The summed E-state index contributed by atoms with van der Waals surface area (Å²) in [5.74, 6) is 2.82. The molecule has 2 N–H and O–H groups in total. The molecule has 0 unspecified atom stereocenters. The minimum Gasteiger partial charge on any atom is -0.494 e. The molecule has 0 fully saturated rings. The second-order valence-corrected chi connectivity index (χ2v) is 4.68. The van der Waals surface area contributed by atoms with Gasteiger partial charge < -0.3 is 20.1 Å². The zero-order chi connectivity index (χ0) is 16.5. The summed E-state index contributed by atoms with van der Waals surface area (Å²) in [5.41, 5.74) is 1.05. The van der Waals surface area contributed by atoms with Crippen molar-refractivity contribution in [2.24, 2.45) is 4.99 Å². The Morgan fingerprint density at radius 1 is 1.17 bits per heavy atom. The van der Waals surface area contributed by atoms with Gasteiger partial charge in [-0.15, -0.1) is 0 Å². The van der Waals surface area contributed by atoms with E-state index in [1.54, 1.807) is 13.2 Å². The molecule has 0 amide bonds. The minimum atomic E-state index is 0.549. The molecular weight excluding hydrogens is 292 g/mol. The van der Waals surface area contributed by atoms with Crippen molar-refractivity contribution in [2.45, 2.75) is 13.5 Å². The second-order valence-electron chi connectivity index (χ2n) is 4.68. The van der Waals surface area contributed by atoms with E-state index in [4.69, 9.17) is 9.47 Å². The second kappa shape index (κ2) is 8.63. The first kappa shape index (κ1) is 16.6. The van der Waals surface area contributed by atoms with Crippen LogP contribution in [0, 0.1) is 0 Å². The molecule has 23 heavy (non-hydrogen) atoms. The number of rotatable bonds is 6. The van der Waals surface area contributed by atoms with Crippen molar-refractivity contribution in [3.8, 4) is 17.4 Å². The van der Waals surface area contributed by atoms with Gasteiger partial charge in [0.15, 0.2) is 5.96 Å². The monoisotopic (exact) mass is 314 g/mol. The molecule has 0 saturated carbocycles. The number of aliphatic imine (C=N–C) groups is 1. The molecule has 0 aliphatic carbocycles. The molecule has 6 nitrogen and oxygen atoms in total. The molecule has 1 heterocycles. The van der Waals surface area contributed by atoms with E-state index in [2.05, 4.69) is 20.6 Å². The van der Waals surface area contributed by atoms with Crippen molar-refractivity contribution >= 4 is 5.96 Å². The van der Waals surface area contributed by atoms with E-state index in [1.807, 2.05) is 50.4 Å². The number of nitrogens with one attached hydrogen (secondary N) is 2. The highest BCUT2D eigenvalue weighted by Crippen LogP contribution is 2.22. The lowest BCUT2D eigenvalue weighted by Crippen LogP contribution is -2.34. The van der Waals surface area contributed by atoms with E-state index in [-0.39, 0.29) is 0 Å². The average Bonchev–Trinajstić information content (AvgIpc) is 2.58. The Morgan fingerprint density at radius 3 is 2.57 bits per heavy atom. The van der Waals surface area contributed by atoms with Gasteiger partial charge in [-0.25, -0.2) is 4.98 Å². The minimum absolute atomic E-state index is 0.549. The standard InChI is InChI=1S/C17H22N4O2/c1-4-22-14-5-7-15(8-6-14)23-16-11-13(9-10-20-16)12-21-17(18-2)19-3/h5-11H,4,12H2,1-3H3,(H2,18,19,21). The van der Waals surface area contributed by atoms with Gasteiger partial charge in [0.05, 0.1) is 6.61 Å². The molecule has 1 aromatic carbocycles. The molecule has 0 aliphatic heterocycles. The quantitative estimate of drug-likeness (QED) is 0.633. The summed E-state index contributed by atoms with van der Waals surface area (Å²) in [5, 5.41) is 6.16. The SMILES string of the molecule is CCOc1ccc(Oc2cc(CNC(=NC)NC)ccn2)cc1. The number of nitrogens with zero attached hydrogens (tertiary/aromatic N) is 2. The van der Waals surface area contributed by atoms with Gasteiger partial charge in [-0.3, -0.25) is 4.99 Å². The Labute approximate surface area is 136 Å². The molecule has 0 radical (unpaired) electrons. The molecule has 0 bridgehead atoms. The largest absolute Gasteiger partial charge is 0.494 e. The maximum absolute atomic E-state index is 5.77. The van der Waals surface area contributed by atoms with Gasteiger partial charge >= 0.3 is 0 Å². The lowest BCUT2D eigenvalue weighted by Gasteiger charge is -2.10. The van der Waals surface area contributed by atoms with Crippen LogP contribution in [0.5, 0.6) is 17.4 Å². The van der Waals surface area contributed by atoms with E-state index < -0.39 is 0 Å². The molecule has 0 atom stereocenters. The summed E-state index contributed by atoms with van der Waals surface area (Å²) in [6.45, 7) is 3.23. The van der Waals surface area contributed by atoms with Crippen LogP contribution in [0.15, 0.2) is 47.6 Å². The number of hydrogen-bond donors (Lipinski definition) is 2. The Bertz CT molecular complexity index is 641. The normalized spacial score (nSPS) is 11.0. The first-order valence-corrected chi connectivity index (χ1v) is 7.49. The van der Waals surface area contributed by atoms with Crippen LogP contribution in [-0.2, 0) is 6.54 Å². The fourth-order valence-electron chi connectivity index (χ4n) is 1.97. The molecule has 0 saturated heterocycles. The molecule has 2 rings (SSSR count). The van der Waals surface area contributed by atoms with Gasteiger partial charge in [-0.1, -0.05) is 0 Å². The fraction of sp³-hybridized carbons (Fsp3) is 0.294. The Balaban J connectivity index is 1.99. The first-order valence-electron chi connectivity index (χ1n) is 7.49. The van der Waals surface area contributed by atoms with Crippen LogP contribution in [0.1, 0.15) is 12.5 Å². The summed E-state index contributed by atoms with van der Waals surface area (Å²) in [4.78, 5) is 8.30. The number of benzene rings is 1. The number of ether oxygens (including phenoxy) is 2. The van der Waals surface area contributed by atoms with Crippen molar-refractivity contribution in [1.29, 1.82) is 0 Å². The summed E-state index contributed by atoms with van der Waals surface area (Å²) < 4.78 is 11.2. The molecule has 6 heteroatoms. The van der Waals surface area contributed by atoms with E-state index in [1.165, 1.54) is 0 Å². The van der Waals surface area contributed by atoms with E-state index in [9.17, 15) is 0 Å². The topological polar surface area (TPSA) is 67.8 Å². The van der Waals surface area contributed by atoms with Crippen LogP contribution < -0.4 is 20.1 Å². The molecule has 0 aliphatic rings. The Morgan fingerprint density at radius 2 is 1.91 bits per heavy atom. The van der Waals surface area contributed by atoms with E-state index >= 15 is 0 Å². The molecule has 0 spiro atoms. The number of pyridine rings is 1. The average molecular weight is 314 g/mol. The van der Waals surface area contributed by atoms with Crippen LogP contribution >= 0.6 is 0 Å². The zero-order valence-corrected chi connectivity index (χ0v) is 13.7. The lowest BCUT2D eigenvalue weighted by molar-refractivity contribution is 0.339. The first-order chi connectivity index (χ1) is 11.2. The molecular formula is C17H22N4O2. The molecule has 2 aromatic rings. The van der Waals surface area contributed by atoms with E-state index in [0.717, 1.165) is 23.0 Å². The van der Waals surface area contributed by atoms with Crippen LogP contribution in [0.2, 0.25) is 0 Å². The van der Waals surface area contributed by atoms with Crippen molar-refractivity contribution in [3.63, 3.8) is 0 Å². The summed E-state index contributed by atoms with van der Waals surface area (Å²) in [7, 11) is 3.55. The third-order valence-electron chi connectivity index (χ3n) is 3.08. The van der Waals surface area contributed by atoms with Gasteiger partial charge in [0.1, 0.15) is 11.5 Å². The van der Waals surface area contributed by atoms with Crippen LogP contribution in [0.4, 0.5) is 0 Å². The van der Waals surface area contributed by atoms with E-state index in [0.29, 0.717) is 19.0 Å². The van der Waals surface area contributed by atoms with Crippen molar-refractivity contribution in [2.75, 3.05) is 20.7 Å². The summed E-state index contributed by atoms with van der Waals surface area (Å²) >= 11 is 0. The number of aromatic nitrogens is 1. The lowest BCUT2D eigenvalue weighted by atomic mass is 10.2. The van der Waals surface area contributed by atoms with Crippen molar-refractivity contribution in [3.05, 3.63) is 48.2 Å². The highest BCUT2D eigenvalue weighted by molar-refractivity contribution is 5.79. The smallest absolute Gasteiger partial charge is 0.219 e. The highest BCUT2D eigenvalue weighted by atomic mass is 16.5. The van der Waals surface area contributed by atoms with Gasteiger partial charge in [0, 0.05) is 32.9 Å². The van der Waals surface area contributed by atoms with Gasteiger partial charge in [0.25, 0.3) is 0 Å². The third kappa shape index (κ3) is 5.18. The van der Waals surface area contributed by atoms with Crippen molar-refractivity contribution < 1.29 is 9.47 Å². The fourth-order valence-corrected chi connectivity index (χ4v) is 1.97. The van der Waals surface area contributed by atoms with Gasteiger partial charge in [0.2, 0.25) is 5.88 Å². The predicted octanol–water partition coefficient (Wildman–Crippen LogP) is 2.57. The highest BCUT2D eigenvalue weighted by Gasteiger charge is 2.02. The number of hydrogen-bond acceptors (Lipinski definition) is 4. The molecule has 1 aromatic heterocycles. The van der Waals surface area contributed by atoms with Crippen molar-refractivity contribution in [1.82, 2.24) is 15.6 Å². The maximum atomic E-state index is 5.77. The summed E-state index contributed by atoms with van der Waals surface area (Å²) in [6.07, 6.45) is 1.73. The Kier molecular flexibility index (Phi) is 6.23. The summed E-state index contributed by atoms with van der Waals surface area (Å²) in [6, 6.07) is 11.3. The van der Waals surface area contributed by atoms with Crippen LogP contribution in [0.3, 0.4) is 0 Å². The van der Waals surface area contributed by atoms with Gasteiger partial charge in [-0.05, 0) is 42.8 Å². The molecule has 122 valence electrons.